The van der Waals surface area contributed by atoms with Gasteiger partial charge in [-0.05, 0) is 35.7 Å². The van der Waals surface area contributed by atoms with E-state index in [1.165, 1.54) is 6.08 Å². The average molecular weight is 375 g/mol. The van der Waals surface area contributed by atoms with Crippen molar-refractivity contribution in [2.45, 2.75) is 86.2 Å². The molecule has 1 aromatic carbocycles. The van der Waals surface area contributed by atoms with E-state index < -0.39 is 12.1 Å². The molecule has 3 nitrogen and oxygen atoms in total. The molecule has 0 aromatic heterocycles. The Morgan fingerprint density at radius 2 is 1.81 bits per heavy atom. The normalized spacial score (nSPS) is 14.6. The number of esters is 1. The van der Waals surface area contributed by atoms with Crippen LogP contribution in [0.15, 0.2) is 24.8 Å². The van der Waals surface area contributed by atoms with Gasteiger partial charge in [-0.3, -0.25) is 0 Å². The highest BCUT2D eigenvalue weighted by molar-refractivity contribution is 5.84. The molecule has 0 saturated heterocycles. The number of carbonyl (C=O) groups is 1. The Kier molecular flexibility index (Phi) is 7.86. The Hall–Kier alpha value is -1.61. The molecule has 0 amide bonds. The van der Waals surface area contributed by atoms with Crippen molar-refractivity contribution in [2.75, 3.05) is 0 Å². The van der Waals surface area contributed by atoms with Gasteiger partial charge in [-0.15, -0.1) is 0 Å². The molecule has 0 radical (unpaired) electrons. The number of aryl methyl sites for hydroxylation is 1. The Balaban J connectivity index is 3.42. The van der Waals surface area contributed by atoms with Crippen LogP contribution in [0.4, 0.5) is 0 Å². The van der Waals surface area contributed by atoms with E-state index in [1.807, 2.05) is 13.0 Å². The zero-order valence-electron chi connectivity index (χ0n) is 18.5. The minimum atomic E-state index is -0.499. The smallest absolute Gasteiger partial charge is 0.335 e. The zero-order valence-corrected chi connectivity index (χ0v) is 18.5. The largest absolute Gasteiger partial charge is 0.423 e. The third kappa shape index (κ3) is 6.49. The van der Waals surface area contributed by atoms with E-state index in [4.69, 9.17) is 4.74 Å². The first-order valence-electron chi connectivity index (χ1n) is 9.97. The molecule has 0 saturated carbocycles. The zero-order chi connectivity index (χ0) is 21.0. The molecule has 2 unspecified atom stereocenters. The van der Waals surface area contributed by atoms with Crippen LogP contribution in [-0.2, 0) is 16.6 Å². The first kappa shape index (κ1) is 23.4. The summed E-state index contributed by atoms with van der Waals surface area (Å²) in [7, 11) is 0. The maximum atomic E-state index is 12.0. The second-order valence-electron chi connectivity index (χ2n) is 9.71. The van der Waals surface area contributed by atoms with Gasteiger partial charge in [0, 0.05) is 18.1 Å². The predicted octanol–water partition coefficient (Wildman–Crippen LogP) is 5.75. The summed E-state index contributed by atoms with van der Waals surface area (Å²) in [4.78, 5) is 12.0. The van der Waals surface area contributed by atoms with Crippen molar-refractivity contribution in [3.8, 4) is 5.75 Å². The van der Waals surface area contributed by atoms with Gasteiger partial charge in [0.05, 0.1) is 6.10 Å². The number of benzene rings is 1. The minimum Gasteiger partial charge on any atom is -0.423 e. The van der Waals surface area contributed by atoms with Gasteiger partial charge in [0.15, 0.2) is 0 Å². The van der Waals surface area contributed by atoms with Gasteiger partial charge in [0.25, 0.3) is 0 Å². The number of aliphatic hydroxyl groups is 1. The maximum Gasteiger partial charge on any atom is 0.335 e. The molecular formula is C24H38O3. The van der Waals surface area contributed by atoms with Gasteiger partial charge >= 0.3 is 5.97 Å². The van der Waals surface area contributed by atoms with Gasteiger partial charge in [0.1, 0.15) is 5.75 Å². The van der Waals surface area contributed by atoms with Crippen molar-refractivity contribution in [1.29, 1.82) is 0 Å². The van der Waals surface area contributed by atoms with E-state index in [9.17, 15) is 9.90 Å². The molecule has 0 aliphatic carbocycles. The Labute approximate surface area is 165 Å². The highest BCUT2D eigenvalue weighted by Gasteiger charge is 2.32. The average Bonchev–Trinajstić information content (AvgIpc) is 2.52. The summed E-state index contributed by atoms with van der Waals surface area (Å²) in [5.41, 5.74) is 2.78. The third-order valence-corrected chi connectivity index (χ3v) is 5.09. The lowest BCUT2D eigenvalue weighted by Crippen LogP contribution is -2.34. The molecule has 3 heteroatoms. The van der Waals surface area contributed by atoms with Crippen LogP contribution in [0, 0.1) is 18.3 Å². The van der Waals surface area contributed by atoms with Crippen LogP contribution in [0.2, 0.25) is 0 Å². The van der Waals surface area contributed by atoms with Gasteiger partial charge in [-0.2, -0.15) is 0 Å². The molecule has 0 heterocycles. The van der Waals surface area contributed by atoms with Crippen LogP contribution < -0.4 is 4.74 Å². The monoisotopic (exact) mass is 374 g/mol. The molecule has 0 aliphatic rings. The Morgan fingerprint density at radius 3 is 2.26 bits per heavy atom. The van der Waals surface area contributed by atoms with Crippen LogP contribution in [0.5, 0.6) is 5.75 Å². The van der Waals surface area contributed by atoms with Crippen molar-refractivity contribution < 1.29 is 14.6 Å². The lowest BCUT2D eigenvalue weighted by Gasteiger charge is -2.35. The lowest BCUT2D eigenvalue weighted by molar-refractivity contribution is -0.129. The molecule has 1 aromatic rings. The van der Waals surface area contributed by atoms with E-state index >= 15 is 0 Å². The molecule has 27 heavy (non-hydrogen) atoms. The standard InChI is InChI=1S/C24H38O3/c1-10-12-18(23(4,5)6)20(25)15-17-13-16(3)14-19(24(7,8)9)22(17)27-21(26)11-2/h11,13-14,18,20,25H,2,10,12,15H2,1,3-9H3. The SMILES string of the molecule is C=CC(=O)Oc1c(CC(O)C(CCC)C(C)(C)C)cc(C)cc1C(C)(C)C. The fraction of sp³-hybridized carbons (Fsp3) is 0.625. The van der Waals surface area contributed by atoms with Crippen molar-refractivity contribution in [1.82, 2.24) is 0 Å². The Bertz CT molecular complexity index is 659. The van der Waals surface area contributed by atoms with Gasteiger partial charge in [-0.25, -0.2) is 4.79 Å². The quantitative estimate of drug-likeness (QED) is 0.375. The van der Waals surface area contributed by atoms with Crippen LogP contribution >= 0.6 is 0 Å². The van der Waals surface area contributed by atoms with Gasteiger partial charge in [0.2, 0.25) is 0 Å². The molecule has 0 aliphatic heterocycles. The van der Waals surface area contributed by atoms with Crippen LogP contribution in [0.3, 0.4) is 0 Å². The summed E-state index contributed by atoms with van der Waals surface area (Å²) in [6, 6.07) is 4.09. The topological polar surface area (TPSA) is 46.5 Å². The number of aliphatic hydroxyl groups excluding tert-OH is 1. The van der Waals surface area contributed by atoms with Crippen molar-refractivity contribution in [3.05, 3.63) is 41.5 Å². The molecule has 0 spiro atoms. The van der Waals surface area contributed by atoms with Gasteiger partial charge < -0.3 is 9.84 Å². The molecule has 0 bridgehead atoms. The van der Waals surface area contributed by atoms with E-state index in [2.05, 4.69) is 61.1 Å². The van der Waals surface area contributed by atoms with E-state index in [1.54, 1.807) is 0 Å². The number of rotatable bonds is 7. The van der Waals surface area contributed by atoms with E-state index in [0.29, 0.717) is 12.2 Å². The van der Waals surface area contributed by atoms with Crippen molar-refractivity contribution >= 4 is 5.97 Å². The molecular weight excluding hydrogens is 336 g/mol. The van der Waals surface area contributed by atoms with Gasteiger partial charge in [-0.1, -0.05) is 79.2 Å². The molecule has 152 valence electrons. The fourth-order valence-electron chi connectivity index (χ4n) is 3.70. The third-order valence-electron chi connectivity index (χ3n) is 5.09. The second kappa shape index (κ2) is 9.05. The fourth-order valence-corrected chi connectivity index (χ4v) is 3.70. The summed E-state index contributed by atoms with van der Waals surface area (Å²) >= 11 is 0. The van der Waals surface area contributed by atoms with Crippen LogP contribution in [0.1, 0.15) is 78.0 Å². The van der Waals surface area contributed by atoms with Crippen molar-refractivity contribution in [2.24, 2.45) is 11.3 Å². The highest BCUT2D eigenvalue weighted by atomic mass is 16.5. The molecule has 1 N–H and O–H groups in total. The number of ether oxygens (including phenoxy) is 1. The minimum absolute atomic E-state index is 0.00403. The summed E-state index contributed by atoms with van der Waals surface area (Å²) < 4.78 is 5.67. The Morgan fingerprint density at radius 1 is 1.22 bits per heavy atom. The van der Waals surface area contributed by atoms with Crippen LogP contribution in [-0.4, -0.2) is 17.2 Å². The van der Waals surface area contributed by atoms with E-state index in [-0.39, 0.29) is 16.7 Å². The second-order valence-corrected chi connectivity index (χ2v) is 9.71. The summed E-state index contributed by atoms with van der Waals surface area (Å²) in [5.74, 6) is 0.270. The summed E-state index contributed by atoms with van der Waals surface area (Å²) in [6.45, 7) is 20.5. The lowest BCUT2D eigenvalue weighted by atomic mass is 9.73. The van der Waals surface area contributed by atoms with E-state index in [0.717, 1.165) is 29.5 Å². The summed E-state index contributed by atoms with van der Waals surface area (Å²) in [5, 5.41) is 11.1. The number of carbonyl (C=O) groups excluding carboxylic acids is 1. The molecule has 1 rings (SSSR count). The first-order chi connectivity index (χ1) is 12.3. The highest BCUT2D eigenvalue weighted by Crippen LogP contribution is 2.39. The molecule has 2 atom stereocenters. The molecule has 0 fully saturated rings. The predicted molar refractivity (Wildman–Crippen MR) is 113 cm³/mol. The van der Waals surface area contributed by atoms with Crippen molar-refractivity contribution in [3.63, 3.8) is 0 Å². The number of hydrogen-bond donors (Lipinski definition) is 1. The summed E-state index contributed by atoms with van der Waals surface area (Å²) in [6.07, 6.45) is 3.14. The maximum absolute atomic E-state index is 12.0. The first-order valence-corrected chi connectivity index (χ1v) is 9.97. The van der Waals surface area contributed by atoms with Crippen LogP contribution in [0.25, 0.3) is 0 Å². The number of hydrogen-bond acceptors (Lipinski definition) is 3.